The number of morpholine rings is 1. The van der Waals surface area contributed by atoms with Crippen LogP contribution in [0, 0.1) is 0 Å². The molecule has 1 aliphatic rings. The van der Waals surface area contributed by atoms with Crippen LogP contribution in [0.3, 0.4) is 0 Å². The predicted molar refractivity (Wildman–Crippen MR) is 68.2 cm³/mol. The standard InChI is InChI=1S/C13H15N3O3/c17-13(18)10-1-2-16-9-11(14-12(16)7-10)8-15-3-5-19-6-4-15/h1-2,7,9H,3-6,8H2,(H,17,18). The Kier molecular flexibility index (Phi) is 3.18. The molecule has 2 aromatic heterocycles. The molecular weight excluding hydrogens is 246 g/mol. The molecule has 0 spiro atoms. The second-order valence-electron chi connectivity index (χ2n) is 4.61. The molecule has 0 saturated carbocycles. The van der Waals surface area contributed by atoms with Crippen molar-refractivity contribution in [2.75, 3.05) is 26.3 Å². The van der Waals surface area contributed by atoms with Gasteiger partial charge in [-0.2, -0.15) is 0 Å². The van der Waals surface area contributed by atoms with Gasteiger partial charge in [-0.25, -0.2) is 9.78 Å². The molecule has 1 aliphatic heterocycles. The molecule has 0 aromatic carbocycles. The Hall–Kier alpha value is -1.92. The maximum Gasteiger partial charge on any atom is 0.335 e. The lowest BCUT2D eigenvalue weighted by atomic mass is 10.3. The van der Waals surface area contributed by atoms with E-state index >= 15 is 0 Å². The highest BCUT2D eigenvalue weighted by Crippen LogP contribution is 2.11. The van der Waals surface area contributed by atoms with Gasteiger partial charge in [-0.3, -0.25) is 4.90 Å². The molecule has 3 heterocycles. The molecule has 1 saturated heterocycles. The van der Waals surface area contributed by atoms with Crippen LogP contribution in [0.4, 0.5) is 0 Å². The summed E-state index contributed by atoms with van der Waals surface area (Å²) in [6.07, 6.45) is 3.67. The third-order valence-corrected chi connectivity index (χ3v) is 3.25. The molecule has 2 aromatic rings. The van der Waals surface area contributed by atoms with Crippen molar-refractivity contribution in [2.45, 2.75) is 6.54 Å². The average molecular weight is 261 g/mol. The molecule has 1 fully saturated rings. The lowest BCUT2D eigenvalue weighted by Crippen LogP contribution is -2.35. The van der Waals surface area contributed by atoms with E-state index in [1.807, 2.05) is 10.6 Å². The van der Waals surface area contributed by atoms with Gasteiger partial charge in [0.1, 0.15) is 5.65 Å². The van der Waals surface area contributed by atoms with Gasteiger partial charge < -0.3 is 14.2 Å². The van der Waals surface area contributed by atoms with Crippen LogP contribution in [0.25, 0.3) is 5.65 Å². The lowest BCUT2D eigenvalue weighted by Gasteiger charge is -2.25. The fourth-order valence-corrected chi connectivity index (χ4v) is 2.23. The summed E-state index contributed by atoms with van der Waals surface area (Å²) in [5.41, 5.74) is 1.88. The van der Waals surface area contributed by atoms with Crippen molar-refractivity contribution in [3.8, 4) is 0 Å². The number of ether oxygens (including phenoxy) is 1. The zero-order chi connectivity index (χ0) is 13.2. The fourth-order valence-electron chi connectivity index (χ4n) is 2.23. The first kappa shape index (κ1) is 12.1. The van der Waals surface area contributed by atoms with Crippen LogP contribution in [0.15, 0.2) is 24.5 Å². The second-order valence-corrected chi connectivity index (χ2v) is 4.61. The molecule has 6 nitrogen and oxygen atoms in total. The minimum Gasteiger partial charge on any atom is -0.478 e. The van der Waals surface area contributed by atoms with E-state index in [9.17, 15) is 4.79 Å². The first-order chi connectivity index (χ1) is 9.22. The van der Waals surface area contributed by atoms with Gasteiger partial charge in [0.2, 0.25) is 0 Å². The highest BCUT2D eigenvalue weighted by molar-refractivity contribution is 5.88. The molecule has 0 atom stereocenters. The van der Waals surface area contributed by atoms with Gasteiger partial charge in [-0.1, -0.05) is 0 Å². The SMILES string of the molecule is O=C(O)c1ccn2cc(CN3CCOCC3)nc2c1. The van der Waals surface area contributed by atoms with Gasteiger partial charge in [0.25, 0.3) is 0 Å². The third kappa shape index (κ3) is 2.59. The van der Waals surface area contributed by atoms with Crippen LogP contribution >= 0.6 is 0 Å². The fraction of sp³-hybridized carbons (Fsp3) is 0.385. The second kappa shape index (κ2) is 4.99. The summed E-state index contributed by atoms with van der Waals surface area (Å²) in [4.78, 5) is 17.7. The highest BCUT2D eigenvalue weighted by atomic mass is 16.5. The number of aromatic carboxylic acids is 1. The normalized spacial score (nSPS) is 16.8. The number of carboxylic acids is 1. The summed E-state index contributed by atoms with van der Waals surface area (Å²) >= 11 is 0. The topological polar surface area (TPSA) is 67.1 Å². The minimum atomic E-state index is -0.930. The molecule has 19 heavy (non-hydrogen) atoms. The zero-order valence-corrected chi connectivity index (χ0v) is 10.5. The third-order valence-electron chi connectivity index (χ3n) is 3.25. The van der Waals surface area contributed by atoms with Crippen molar-refractivity contribution in [1.82, 2.24) is 14.3 Å². The van der Waals surface area contributed by atoms with E-state index in [4.69, 9.17) is 9.84 Å². The summed E-state index contributed by atoms with van der Waals surface area (Å²) < 4.78 is 7.16. The summed E-state index contributed by atoms with van der Waals surface area (Å²) in [5, 5.41) is 8.95. The van der Waals surface area contributed by atoms with Gasteiger partial charge in [0, 0.05) is 32.0 Å². The molecule has 1 N–H and O–H groups in total. The quantitative estimate of drug-likeness (QED) is 0.887. The van der Waals surface area contributed by atoms with Gasteiger partial charge in [0.05, 0.1) is 24.5 Å². The van der Waals surface area contributed by atoms with Gasteiger partial charge in [-0.15, -0.1) is 0 Å². The predicted octanol–water partition coefficient (Wildman–Crippen LogP) is 0.865. The van der Waals surface area contributed by atoms with Crippen LogP contribution in [0.1, 0.15) is 16.1 Å². The molecule has 0 bridgehead atoms. The number of aromatic nitrogens is 2. The number of rotatable bonds is 3. The summed E-state index contributed by atoms with van der Waals surface area (Å²) in [5.74, 6) is -0.930. The highest BCUT2D eigenvalue weighted by Gasteiger charge is 2.13. The van der Waals surface area contributed by atoms with Crippen molar-refractivity contribution in [3.05, 3.63) is 35.8 Å². The number of hydrogen-bond donors (Lipinski definition) is 1. The van der Waals surface area contributed by atoms with E-state index in [0.29, 0.717) is 5.65 Å². The zero-order valence-electron chi connectivity index (χ0n) is 10.5. The number of carbonyl (C=O) groups is 1. The number of pyridine rings is 1. The smallest absolute Gasteiger partial charge is 0.335 e. The first-order valence-corrected chi connectivity index (χ1v) is 6.23. The van der Waals surface area contributed by atoms with Crippen molar-refractivity contribution in [3.63, 3.8) is 0 Å². The molecule has 0 unspecified atom stereocenters. The molecule has 100 valence electrons. The van der Waals surface area contributed by atoms with Crippen LogP contribution in [0.2, 0.25) is 0 Å². The Morgan fingerprint density at radius 3 is 2.95 bits per heavy atom. The van der Waals surface area contributed by atoms with Crippen LogP contribution in [0.5, 0.6) is 0 Å². The molecule has 0 radical (unpaired) electrons. The first-order valence-electron chi connectivity index (χ1n) is 6.23. The van der Waals surface area contributed by atoms with E-state index in [2.05, 4.69) is 9.88 Å². The van der Waals surface area contributed by atoms with Gasteiger partial charge in [0.15, 0.2) is 0 Å². The minimum absolute atomic E-state index is 0.260. The number of nitrogens with zero attached hydrogens (tertiary/aromatic N) is 3. The summed E-state index contributed by atoms with van der Waals surface area (Å²) in [7, 11) is 0. The van der Waals surface area contributed by atoms with Crippen molar-refractivity contribution in [2.24, 2.45) is 0 Å². The van der Waals surface area contributed by atoms with E-state index in [-0.39, 0.29) is 5.56 Å². The number of carboxylic acid groups (broad SMARTS) is 1. The maximum absolute atomic E-state index is 10.9. The van der Waals surface area contributed by atoms with E-state index < -0.39 is 5.97 Å². The maximum atomic E-state index is 10.9. The van der Waals surface area contributed by atoms with Crippen molar-refractivity contribution < 1.29 is 14.6 Å². The Labute approximate surface area is 110 Å². The number of hydrogen-bond acceptors (Lipinski definition) is 4. The van der Waals surface area contributed by atoms with Crippen molar-refractivity contribution >= 4 is 11.6 Å². The Morgan fingerprint density at radius 2 is 2.21 bits per heavy atom. The van der Waals surface area contributed by atoms with Gasteiger partial charge >= 0.3 is 5.97 Å². The summed E-state index contributed by atoms with van der Waals surface area (Å²) in [6, 6.07) is 3.17. The molecule has 3 rings (SSSR count). The van der Waals surface area contributed by atoms with Gasteiger partial charge in [-0.05, 0) is 12.1 Å². The van der Waals surface area contributed by atoms with E-state index in [1.165, 1.54) is 0 Å². The molecule has 0 amide bonds. The van der Waals surface area contributed by atoms with Crippen LogP contribution < -0.4 is 0 Å². The Morgan fingerprint density at radius 1 is 1.42 bits per heavy atom. The van der Waals surface area contributed by atoms with E-state index in [0.717, 1.165) is 38.5 Å². The molecule has 6 heteroatoms. The monoisotopic (exact) mass is 261 g/mol. The lowest BCUT2D eigenvalue weighted by molar-refractivity contribution is 0.0337. The van der Waals surface area contributed by atoms with Crippen molar-refractivity contribution in [1.29, 1.82) is 0 Å². The Bertz CT molecular complexity index is 602. The average Bonchev–Trinajstić information content (AvgIpc) is 2.80. The van der Waals surface area contributed by atoms with Crippen LogP contribution in [-0.4, -0.2) is 51.7 Å². The summed E-state index contributed by atoms with van der Waals surface area (Å²) in [6.45, 7) is 4.11. The largest absolute Gasteiger partial charge is 0.478 e. The number of fused-ring (bicyclic) bond motifs is 1. The molecular formula is C13H15N3O3. The number of imidazole rings is 1. The van der Waals surface area contributed by atoms with Crippen LogP contribution in [-0.2, 0) is 11.3 Å². The van der Waals surface area contributed by atoms with E-state index in [1.54, 1.807) is 18.3 Å². The Balaban J connectivity index is 1.82. The molecule has 0 aliphatic carbocycles.